The maximum absolute atomic E-state index is 12.0. The summed E-state index contributed by atoms with van der Waals surface area (Å²) in [4.78, 5) is 13.5. The number of nitriles is 1. The van der Waals surface area contributed by atoms with E-state index in [1.165, 1.54) is 4.90 Å². The van der Waals surface area contributed by atoms with Gasteiger partial charge in [-0.15, -0.1) is 0 Å². The van der Waals surface area contributed by atoms with Crippen molar-refractivity contribution in [1.29, 1.82) is 5.26 Å². The van der Waals surface area contributed by atoms with E-state index in [1.54, 1.807) is 7.05 Å². The van der Waals surface area contributed by atoms with Crippen molar-refractivity contribution in [3.63, 3.8) is 0 Å². The van der Waals surface area contributed by atoms with Gasteiger partial charge in [0.1, 0.15) is 11.8 Å². The van der Waals surface area contributed by atoms with Gasteiger partial charge in [0.05, 0.1) is 12.7 Å². The van der Waals surface area contributed by atoms with Crippen molar-refractivity contribution >= 4 is 5.91 Å². The molecule has 0 saturated carbocycles. The summed E-state index contributed by atoms with van der Waals surface area (Å²) in [5, 5.41) is 9.32. The highest BCUT2D eigenvalue weighted by Gasteiger charge is 2.23. The molecule has 0 heterocycles. The van der Waals surface area contributed by atoms with Crippen LogP contribution < -0.4 is 4.74 Å². The molecule has 0 aromatic heterocycles. The summed E-state index contributed by atoms with van der Waals surface area (Å²) < 4.78 is 5.42. The van der Waals surface area contributed by atoms with Crippen LogP contribution in [0.5, 0.6) is 5.75 Å². The predicted molar refractivity (Wildman–Crippen MR) is 73.6 cm³/mol. The van der Waals surface area contributed by atoms with Crippen molar-refractivity contribution in [3.05, 3.63) is 29.8 Å². The number of benzene rings is 1. The van der Waals surface area contributed by atoms with Crippen LogP contribution in [0, 0.1) is 17.2 Å². The number of nitrogens with zero attached hydrogens (tertiary/aromatic N) is 2. The van der Waals surface area contributed by atoms with Crippen LogP contribution in [0.2, 0.25) is 0 Å². The van der Waals surface area contributed by atoms with Crippen molar-refractivity contribution < 1.29 is 9.53 Å². The fourth-order valence-corrected chi connectivity index (χ4v) is 1.86. The third-order valence-electron chi connectivity index (χ3n) is 2.84. The first-order chi connectivity index (χ1) is 9.01. The monoisotopic (exact) mass is 260 g/mol. The van der Waals surface area contributed by atoms with E-state index in [1.807, 2.05) is 45.0 Å². The summed E-state index contributed by atoms with van der Waals surface area (Å²) in [5.74, 6) is 0.537. The van der Waals surface area contributed by atoms with Crippen molar-refractivity contribution in [2.24, 2.45) is 5.92 Å². The molecule has 1 amide bonds. The summed E-state index contributed by atoms with van der Waals surface area (Å²) in [5.41, 5.74) is 0.768. The lowest BCUT2D eigenvalue weighted by Crippen LogP contribution is -2.33. The molecule has 4 nitrogen and oxygen atoms in total. The Morgan fingerprint density at radius 3 is 2.68 bits per heavy atom. The van der Waals surface area contributed by atoms with Crippen molar-refractivity contribution in [2.75, 3.05) is 13.7 Å². The zero-order chi connectivity index (χ0) is 14.4. The van der Waals surface area contributed by atoms with Crippen LogP contribution in [0.25, 0.3) is 0 Å². The summed E-state index contributed by atoms with van der Waals surface area (Å²) in [7, 11) is 1.66. The Balaban J connectivity index is 3.00. The number of ether oxygens (including phenoxy) is 1. The predicted octanol–water partition coefficient (Wildman–Crippen LogP) is 2.76. The molecule has 0 fully saturated rings. The normalized spacial score (nSPS) is 11.8. The summed E-state index contributed by atoms with van der Waals surface area (Å²) in [6.45, 7) is 6.12. The van der Waals surface area contributed by atoms with Gasteiger partial charge in [0.25, 0.3) is 0 Å². The molecule has 1 rings (SSSR count). The molecule has 0 aliphatic heterocycles. The zero-order valence-electron chi connectivity index (χ0n) is 11.9. The highest BCUT2D eigenvalue weighted by atomic mass is 16.5. The number of hydrogen-bond donors (Lipinski definition) is 0. The topological polar surface area (TPSA) is 53.3 Å². The van der Waals surface area contributed by atoms with Crippen LogP contribution in [0.15, 0.2) is 24.3 Å². The van der Waals surface area contributed by atoms with Gasteiger partial charge in [0.15, 0.2) is 0 Å². The maximum atomic E-state index is 12.0. The molecule has 0 bridgehead atoms. The van der Waals surface area contributed by atoms with Gasteiger partial charge in [-0.3, -0.25) is 4.79 Å². The van der Waals surface area contributed by atoms with Crippen LogP contribution in [0.4, 0.5) is 0 Å². The Labute approximate surface area is 114 Å². The first-order valence-electron chi connectivity index (χ1n) is 6.40. The Morgan fingerprint density at radius 1 is 1.47 bits per heavy atom. The molecule has 4 heteroatoms. The maximum Gasteiger partial charge on any atom is 0.226 e. The second kappa shape index (κ2) is 6.79. The standard InChI is InChI=1S/C15H20N2O2/c1-5-19-13-8-6-7-12(9-13)14(10-16)17(4)15(18)11(2)3/h6-9,11,14H,5H2,1-4H3. The van der Waals surface area contributed by atoms with Crippen LogP contribution in [-0.4, -0.2) is 24.5 Å². The number of rotatable bonds is 5. The smallest absolute Gasteiger partial charge is 0.226 e. The zero-order valence-corrected chi connectivity index (χ0v) is 11.9. The lowest BCUT2D eigenvalue weighted by atomic mass is 10.0. The number of carbonyl (C=O) groups is 1. The van der Waals surface area contributed by atoms with Gasteiger partial charge in [-0.2, -0.15) is 5.26 Å². The molecule has 0 aliphatic rings. The molecule has 1 aromatic carbocycles. The van der Waals surface area contributed by atoms with E-state index < -0.39 is 6.04 Å². The molecular weight excluding hydrogens is 240 g/mol. The van der Waals surface area contributed by atoms with Gasteiger partial charge in [0.2, 0.25) is 5.91 Å². The minimum absolute atomic E-state index is 0.0478. The third kappa shape index (κ3) is 3.72. The van der Waals surface area contributed by atoms with Crippen molar-refractivity contribution in [1.82, 2.24) is 4.90 Å². The van der Waals surface area contributed by atoms with Gasteiger partial charge in [0, 0.05) is 13.0 Å². The lowest BCUT2D eigenvalue weighted by Gasteiger charge is -2.25. The van der Waals surface area contributed by atoms with E-state index in [4.69, 9.17) is 4.74 Å². The average Bonchev–Trinajstić information content (AvgIpc) is 2.39. The highest BCUT2D eigenvalue weighted by Crippen LogP contribution is 2.24. The molecule has 1 unspecified atom stereocenters. The summed E-state index contributed by atoms with van der Waals surface area (Å²) in [6, 6.07) is 8.90. The van der Waals surface area contributed by atoms with Gasteiger partial charge in [-0.25, -0.2) is 0 Å². The van der Waals surface area contributed by atoms with Gasteiger partial charge < -0.3 is 9.64 Å². The number of carbonyl (C=O) groups excluding carboxylic acids is 1. The van der Waals surface area contributed by atoms with Crippen molar-refractivity contribution in [2.45, 2.75) is 26.8 Å². The van der Waals surface area contributed by atoms with E-state index in [0.29, 0.717) is 12.4 Å². The largest absolute Gasteiger partial charge is 0.494 e. The van der Waals surface area contributed by atoms with Gasteiger partial charge >= 0.3 is 0 Å². The second-order valence-electron chi connectivity index (χ2n) is 4.64. The molecule has 0 N–H and O–H groups in total. The molecule has 0 spiro atoms. The van der Waals surface area contributed by atoms with Crippen LogP contribution in [-0.2, 0) is 4.79 Å². The van der Waals surface area contributed by atoms with E-state index in [-0.39, 0.29) is 11.8 Å². The Hall–Kier alpha value is -2.02. The molecule has 1 aromatic rings. The van der Waals surface area contributed by atoms with E-state index in [2.05, 4.69) is 6.07 Å². The average molecular weight is 260 g/mol. The Morgan fingerprint density at radius 2 is 2.16 bits per heavy atom. The van der Waals surface area contributed by atoms with Crippen LogP contribution >= 0.6 is 0 Å². The molecule has 0 saturated heterocycles. The van der Waals surface area contributed by atoms with E-state index >= 15 is 0 Å². The molecular formula is C15H20N2O2. The van der Waals surface area contributed by atoms with Crippen molar-refractivity contribution in [3.8, 4) is 11.8 Å². The van der Waals surface area contributed by atoms with Gasteiger partial charge in [-0.05, 0) is 24.6 Å². The lowest BCUT2D eigenvalue weighted by molar-refractivity contribution is -0.134. The molecule has 0 radical (unpaired) electrons. The SMILES string of the molecule is CCOc1cccc(C(C#N)N(C)C(=O)C(C)C)c1. The first kappa shape index (κ1) is 15.0. The number of hydrogen-bond acceptors (Lipinski definition) is 3. The Bertz CT molecular complexity index is 477. The minimum atomic E-state index is -0.588. The molecule has 102 valence electrons. The highest BCUT2D eigenvalue weighted by molar-refractivity contribution is 5.78. The minimum Gasteiger partial charge on any atom is -0.494 e. The van der Waals surface area contributed by atoms with E-state index in [9.17, 15) is 10.1 Å². The van der Waals surface area contributed by atoms with E-state index in [0.717, 1.165) is 5.56 Å². The summed E-state index contributed by atoms with van der Waals surface area (Å²) >= 11 is 0. The summed E-state index contributed by atoms with van der Waals surface area (Å²) in [6.07, 6.45) is 0. The molecule has 1 atom stereocenters. The van der Waals surface area contributed by atoms with Crippen LogP contribution in [0.3, 0.4) is 0 Å². The fraction of sp³-hybridized carbons (Fsp3) is 0.467. The van der Waals surface area contributed by atoms with Crippen LogP contribution in [0.1, 0.15) is 32.4 Å². The first-order valence-corrected chi connectivity index (χ1v) is 6.40. The quantitative estimate of drug-likeness (QED) is 0.818. The molecule has 0 aliphatic carbocycles. The third-order valence-corrected chi connectivity index (χ3v) is 2.84. The fourth-order valence-electron chi connectivity index (χ4n) is 1.86. The second-order valence-corrected chi connectivity index (χ2v) is 4.64. The number of amides is 1. The van der Waals surface area contributed by atoms with Gasteiger partial charge in [-0.1, -0.05) is 26.0 Å². The Kier molecular flexibility index (Phi) is 5.37. The molecule has 19 heavy (non-hydrogen) atoms.